The standard InChI is InChI=1S/2C26H40/c1-3-5-7-8-9-10-11-13-17-23(16-12-6-4-2)26-21-20-24-18-14-15-19-25(24)22-26;1-3-5-7-9-10-11-13-17-23(16-12-8-6-4-2)26-21-20-24-18-14-15-19-25(24)22-26/h2*14-15,18-23H,3-13,16-17H2,1-2H3. The molecule has 0 aliphatic rings. The van der Waals surface area contributed by atoms with Gasteiger partial charge in [0.15, 0.2) is 0 Å². The summed E-state index contributed by atoms with van der Waals surface area (Å²) in [5.74, 6) is 1.51. The summed E-state index contributed by atoms with van der Waals surface area (Å²) in [6.07, 6.45) is 36.3. The topological polar surface area (TPSA) is 0 Å². The Morgan fingerprint density at radius 3 is 0.923 bits per heavy atom. The van der Waals surface area contributed by atoms with Crippen molar-refractivity contribution in [1.82, 2.24) is 0 Å². The second kappa shape index (κ2) is 28.8. The van der Waals surface area contributed by atoms with Crippen LogP contribution >= 0.6 is 0 Å². The van der Waals surface area contributed by atoms with E-state index in [9.17, 15) is 0 Å². The van der Waals surface area contributed by atoms with Crippen LogP contribution in [0.25, 0.3) is 21.5 Å². The number of unbranched alkanes of at least 4 members (excludes halogenated alkanes) is 18. The molecule has 0 heterocycles. The van der Waals surface area contributed by atoms with Gasteiger partial charge in [-0.3, -0.25) is 0 Å². The van der Waals surface area contributed by atoms with Crippen molar-refractivity contribution in [2.45, 2.75) is 206 Å². The molecular formula is C52H80. The zero-order valence-corrected chi connectivity index (χ0v) is 34.6. The van der Waals surface area contributed by atoms with Crippen molar-refractivity contribution in [3.8, 4) is 0 Å². The van der Waals surface area contributed by atoms with Gasteiger partial charge in [0.1, 0.15) is 0 Å². The van der Waals surface area contributed by atoms with Crippen LogP contribution in [0.4, 0.5) is 0 Å². The lowest BCUT2D eigenvalue weighted by molar-refractivity contribution is 0.490. The fraction of sp³-hybridized carbons (Fsp3) is 0.615. The van der Waals surface area contributed by atoms with Crippen LogP contribution in [0.3, 0.4) is 0 Å². The number of hydrogen-bond acceptors (Lipinski definition) is 0. The smallest absolute Gasteiger partial charge is 0.0162 e. The molecule has 0 amide bonds. The molecule has 4 aromatic carbocycles. The zero-order valence-electron chi connectivity index (χ0n) is 34.6. The van der Waals surface area contributed by atoms with Gasteiger partial charge in [0, 0.05) is 0 Å². The van der Waals surface area contributed by atoms with E-state index in [1.807, 2.05) is 0 Å². The highest BCUT2D eigenvalue weighted by Crippen LogP contribution is 2.32. The highest BCUT2D eigenvalue weighted by molar-refractivity contribution is 5.83. The van der Waals surface area contributed by atoms with E-state index < -0.39 is 0 Å². The van der Waals surface area contributed by atoms with Crippen LogP contribution in [0.15, 0.2) is 84.9 Å². The highest BCUT2D eigenvalue weighted by atomic mass is 14.2. The third-order valence-electron chi connectivity index (χ3n) is 11.6. The van der Waals surface area contributed by atoms with E-state index in [4.69, 9.17) is 0 Å². The van der Waals surface area contributed by atoms with Crippen molar-refractivity contribution >= 4 is 21.5 Å². The SMILES string of the molecule is CCCCCCCCCC(CCCCCC)c1ccc2ccccc2c1.CCCCCCCCCCC(CCCCC)c1ccc2ccccc2c1. The summed E-state index contributed by atoms with van der Waals surface area (Å²) in [6, 6.07) is 31.9. The summed E-state index contributed by atoms with van der Waals surface area (Å²) >= 11 is 0. The highest BCUT2D eigenvalue weighted by Gasteiger charge is 2.13. The van der Waals surface area contributed by atoms with Gasteiger partial charge in [0.25, 0.3) is 0 Å². The molecule has 0 saturated carbocycles. The predicted molar refractivity (Wildman–Crippen MR) is 236 cm³/mol. The number of hydrogen-bond donors (Lipinski definition) is 0. The lowest BCUT2D eigenvalue weighted by Crippen LogP contribution is -2.00. The third-order valence-corrected chi connectivity index (χ3v) is 11.6. The van der Waals surface area contributed by atoms with E-state index in [1.165, 1.54) is 188 Å². The predicted octanol–water partition coefficient (Wildman–Crippen LogP) is 18.1. The fourth-order valence-corrected chi connectivity index (χ4v) is 8.21. The van der Waals surface area contributed by atoms with E-state index in [2.05, 4.69) is 113 Å². The molecule has 52 heavy (non-hydrogen) atoms. The molecule has 0 aliphatic carbocycles. The van der Waals surface area contributed by atoms with Crippen LogP contribution in [0, 0.1) is 0 Å². The van der Waals surface area contributed by atoms with Gasteiger partial charge in [0.05, 0.1) is 0 Å². The third kappa shape index (κ3) is 18.0. The molecule has 0 N–H and O–H groups in total. The molecule has 4 aromatic rings. The number of rotatable bonds is 28. The second-order valence-corrected chi connectivity index (χ2v) is 16.1. The maximum atomic E-state index is 2.46. The summed E-state index contributed by atoms with van der Waals surface area (Å²) in [6.45, 7) is 9.21. The first-order chi connectivity index (χ1) is 25.7. The molecule has 2 unspecified atom stereocenters. The minimum Gasteiger partial charge on any atom is -0.0654 e. The monoisotopic (exact) mass is 705 g/mol. The van der Waals surface area contributed by atoms with E-state index in [1.54, 1.807) is 11.1 Å². The average Bonchev–Trinajstić information content (AvgIpc) is 3.18. The molecule has 0 saturated heterocycles. The second-order valence-electron chi connectivity index (χ2n) is 16.1. The molecule has 0 bridgehead atoms. The molecule has 0 fully saturated rings. The normalized spacial score (nSPS) is 12.5. The van der Waals surface area contributed by atoms with Gasteiger partial charge < -0.3 is 0 Å². The van der Waals surface area contributed by atoms with Crippen LogP contribution < -0.4 is 0 Å². The van der Waals surface area contributed by atoms with Gasteiger partial charge in [0.2, 0.25) is 0 Å². The Labute approximate surface area is 323 Å². The van der Waals surface area contributed by atoms with Gasteiger partial charge >= 0.3 is 0 Å². The summed E-state index contributed by atoms with van der Waals surface area (Å²) in [7, 11) is 0. The minimum absolute atomic E-state index is 0.756. The first-order valence-electron chi connectivity index (χ1n) is 22.7. The van der Waals surface area contributed by atoms with Gasteiger partial charge in [-0.1, -0.05) is 254 Å². The van der Waals surface area contributed by atoms with Crippen molar-refractivity contribution in [3.63, 3.8) is 0 Å². The van der Waals surface area contributed by atoms with Crippen LogP contribution in [0.2, 0.25) is 0 Å². The van der Waals surface area contributed by atoms with Gasteiger partial charge in [-0.25, -0.2) is 0 Å². The molecule has 0 radical (unpaired) electrons. The molecule has 0 aromatic heterocycles. The molecular weight excluding hydrogens is 625 g/mol. The first-order valence-corrected chi connectivity index (χ1v) is 22.7. The van der Waals surface area contributed by atoms with E-state index >= 15 is 0 Å². The van der Waals surface area contributed by atoms with Crippen LogP contribution in [0.5, 0.6) is 0 Å². The lowest BCUT2D eigenvalue weighted by Gasteiger charge is -2.18. The van der Waals surface area contributed by atoms with Crippen molar-refractivity contribution < 1.29 is 0 Å². The van der Waals surface area contributed by atoms with Crippen molar-refractivity contribution in [1.29, 1.82) is 0 Å². The van der Waals surface area contributed by atoms with Gasteiger partial charge in [-0.15, -0.1) is 0 Å². The quantitative estimate of drug-likeness (QED) is 0.0516. The minimum atomic E-state index is 0.756. The fourth-order valence-electron chi connectivity index (χ4n) is 8.21. The Morgan fingerprint density at radius 2 is 0.558 bits per heavy atom. The summed E-state index contributed by atoms with van der Waals surface area (Å²) in [5.41, 5.74) is 3.15. The Balaban J connectivity index is 0.000000280. The Hall–Kier alpha value is -2.60. The van der Waals surface area contributed by atoms with Crippen LogP contribution in [0.1, 0.15) is 218 Å². The molecule has 0 heteroatoms. The summed E-state index contributed by atoms with van der Waals surface area (Å²) < 4.78 is 0. The molecule has 288 valence electrons. The lowest BCUT2D eigenvalue weighted by atomic mass is 9.87. The Morgan fingerprint density at radius 1 is 0.288 bits per heavy atom. The Kier molecular flexibility index (Phi) is 24.3. The van der Waals surface area contributed by atoms with E-state index in [-0.39, 0.29) is 0 Å². The van der Waals surface area contributed by atoms with Crippen molar-refractivity contribution in [3.05, 3.63) is 96.1 Å². The summed E-state index contributed by atoms with van der Waals surface area (Å²) in [4.78, 5) is 0. The van der Waals surface area contributed by atoms with Crippen LogP contribution in [-0.2, 0) is 0 Å². The number of benzene rings is 4. The maximum absolute atomic E-state index is 2.46. The van der Waals surface area contributed by atoms with Crippen LogP contribution in [-0.4, -0.2) is 0 Å². The number of fused-ring (bicyclic) bond motifs is 2. The van der Waals surface area contributed by atoms with Gasteiger partial charge in [-0.05, 0) is 70.2 Å². The molecule has 2 atom stereocenters. The molecule has 0 nitrogen and oxygen atoms in total. The zero-order chi connectivity index (χ0) is 36.9. The van der Waals surface area contributed by atoms with E-state index in [0.29, 0.717) is 0 Å². The molecule has 0 aliphatic heterocycles. The van der Waals surface area contributed by atoms with Crippen molar-refractivity contribution in [2.75, 3.05) is 0 Å². The van der Waals surface area contributed by atoms with E-state index in [0.717, 1.165) is 11.8 Å². The Bertz CT molecular complexity index is 1410. The molecule has 0 spiro atoms. The largest absolute Gasteiger partial charge is 0.0654 e. The first kappa shape index (κ1) is 43.8. The average molecular weight is 705 g/mol. The van der Waals surface area contributed by atoms with Gasteiger partial charge in [-0.2, -0.15) is 0 Å². The summed E-state index contributed by atoms with van der Waals surface area (Å²) in [5, 5.41) is 5.55. The maximum Gasteiger partial charge on any atom is -0.0162 e. The molecule has 4 rings (SSSR count). The van der Waals surface area contributed by atoms with Crippen molar-refractivity contribution in [2.24, 2.45) is 0 Å².